The van der Waals surface area contributed by atoms with Gasteiger partial charge in [0.15, 0.2) is 0 Å². The lowest BCUT2D eigenvalue weighted by molar-refractivity contribution is 0.624. The molecule has 0 unspecified atom stereocenters. The molecule has 0 radical (unpaired) electrons. The first kappa shape index (κ1) is 18.9. The third-order valence-electron chi connectivity index (χ3n) is 5.19. The molecule has 146 valence electrons. The van der Waals surface area contributed by atoms with Gasteiger partial charge in [0, 0.05) is 56.0 Å². The maximum absolute atomic E-state index is 13.1. The molecule has 4 rings (SSSR count). The van der Waals surface area contributed by atoms with E-state index in [-0.39, 0.29) is 5.82 Å². The molecular formula is C22H25FN4S. The number of benzene rings is 1. The van der Waals surface area contributed by atoms with E-state index >= 15 is 0 Å². The highest BCUT2D eigenvalue weighted by Crippen LogP contribution is 2.20. The van der Waals surface area contributed by atoms with Gasteiger partial charge in [-0.3, -0.25) is 0 Å². The molecule has 0 aliphatic carbocycles. The molecule has 1 aliphatic heterocycles. The minimum atomic E-state index is -0.189. The molecule has 0 atom stereocenters. The van der Waals surface area contributed by atoms with E-state index in [1.54, 1.807) is 11.3 Å². The van der Waals surface area contributed by atoms with Crippen molar-refractivity contribution in [2.24, 2.45) is 0 Å². The summed E-state index contributed by atoms with van der Waals surface area (Å²) in [7, 11) is 0. The Labute approximate surface area is 169 Å². The van der Waals surface area contributed by atoms with Crippen molar-refractivity contribution in [2.45, 2.75) is 20.0 Å². The van der Waals surface area contributed by atoms with Gasteiger partial charge in [0.05, 0.1) is 0 Å². The van der Waals surface area contributed by atoms with Crippen molar-refractivity contribution >= 4 is 22.8 Å². The predicted octanol–water partition coefficient (Wildman–Crippen LogP) is 4.21. The van der Waals surface area contributed by atoms with Crippen LogP contribution in [0, 0.1) is 12.7 Å². The van der Waals surface area contributed by atoms with Crippen LogP contribution in [-0.4, -0.2) is 31.2 Å². The van der Waals surface area contributed by atoms with Crippen LogP contribution in [0.1, 0.15) is 16.0 Å². The van der Waals surface area contributed by atoms with Crippen molar-refractivity contribution in [2.75, 3.05) is 36.0 Å². The van der Waals surface area contributed by atoms with Gasteiger partial charge in [-0.1, -0.05) is 0 Å². The van der Waals surface area contributed by atoms with Gasteiger partial charge in [0.25, 0.3) is 0 Å². The number of aromatic nitrogens is 1. The van der Waals surface area contributed by atoms with Crippen molar-refractivity contribution in [3.05, 3.63) is 75.9 Å². The second-order valence-electron chi connectivity index (χ2n) is 7.10. The van der Waals surface area contributed by atoms with Gasteiger partial charge in [-0.05, 0) is 65.9 Å². The largest absolute Gasteiger partial charge is 0.368 e. The Bertz CT molecular complexity index is 901. The first-order chi connectivity index (χ1) is 13.7. The van der Waals surface area contributed by atoms with Crippen molar-refractivity contribution in [3.8, 4) is 0 Å². The van der Waals surface area contributed by atoms with E-state index in [0.29, 0.717) is 0 Å². The van der Waals surface area contributed by atoms with Gasteiger partial charge in [-0.25, -0.2) is 9.37 Å². The third kappa shape index (κ3) is 4.51. The second kappa shape index (κ2) is 8.71. The lowest BCUT2D eigenvalue weighted by Crippen LogP contribution is -2.46. The summed E-state index contributed by atoms with van der Waals surface area (Å²) in [5.74, 6) is 0.844. The maximum atomic E-state index is 13.1. The van der Waals surface area contributed by atoms with E-state index < -0.39 is 0 Å². The van der Waals surface area contributed by atoms with Crippen LogP contribution >= 0.6 is 11.3 Å². The summed E-state index contributed by atoms with van der Waals surface area (Å²) in [6.07, 6.45) is 1.90. The molecule has 4 nitrogen and oxygen atoms in total. The molecule has 0 saturated carbocycles. The van der Waals surface area contributed by atoms with Crippen molar-refractivity contribution < 1.29 is 4.39 Å². The minimum absolute atomic E-state index is 0.189. The third-order valence-corrected chi connectivity index (χ3v) is 6.21. The Morgan fingerprint density at radius 2 is 1.75 bits per heavy atom. The van der Waals surface area contributed by atoms with Gasteiger partial charge < -0.3 is 15.1 Å². The number of nitrogens with zero attached hydrogens (tertiary/aromatic N) is 3. The molecule has 1 fully saturated rings. The van der Waals surface area contributed by atoms with Crippen molar-refractivity contribution in [1.82, 2.24) is 10.3 Å². The number of aryl methyl sites for hydroxylation is 1. The van der Waals surface area contributed by atoms with E-state index in [1.807, 2.05) is 18.3 Å². The summed E-state index contributed by atoms with van der Waals surface area (Å²) in [6, 6.07) is 13.2. The maximum Gasteiger partial charge on any atom is 0.128 e. The monoisotopic (exact) mass is 396 g/mol. The lowest BCUT2D eigenvalue weighted by atomic mass is 10.2. The van der Waals surface area contributed by atoms with Crippen molar-refractivity contribution in [1.29, 1.82) is 0 Å². The average molecular weight is 397 g/mol. The van der Waals surface area contributed by atoms with Crippen LogP contribution in [0.3, 0.4) is 0 Å². The molecule has 0 spiro atoms. The Balaban J connectivity index is 1.32. The van der Waals surface area contributed by atoms with E-state index in [4.69, 9.17) is 0 Å². The molecule has 2 aromatic heterocycles. The number of nitrogens with one attached hydrogen (secondary N) is 1. The zero-order valence-corrected chi connectivity index (χ0v) is 16.9. The summed E-state index contributed by atoms with van der Waals surface area (Å²) in [6.45, 7) is 7.54. The summed E-state index contributed by atoms with van der Waals surface area (Å²) in [4.78, 5) is 10.6. The van der Waals surface area contributed by atoms with Crippen LogP contribution in [0.5, 0.6) is 0 Å². The SMILES string of the molecule is Cc1ccsc1CNCc1ccnc(N2CCN(c3ccc(F)cc3)CC2)c1. The number of hydrogen-bond acceptors (Lipinski definition) is 5. The number of thiophene rings is 1. The fourth-order valence-corrected chi connectivity index (χ4v) is 4.37. The molecule has 1 aliphatic rings. The highest BCUT2D eigenvalue weighted by molar-refractivity contribution is 7.10. The molecule has 3 heterocycles. The number of halogens is 1. The number of pyridine rings is 1. The molecule has 28 heavy (non-hydrogen) atoms. The highest BCUT2D eigenvalue weighted by atomic mass is 32.1. The van der Waals surface area contributed by atoms with Crippen molar-refractivity contribution in [3.63, 3.8) is 0 Å². The van der Waals surface area contributed by atoms with Crippen LogP contribution in [0.4, 0.5) is 15.9 Å². The Hall–Kier alpha value is -2.44. The summed E-state index contributed by atoms with van der Waals surface area (Å²) < 4.78 is 13.1. The van der Waals surface area contributed by atoms with Gasteiger partial charge >= 0.3 is 0 Å². The standard InChI is InChI=1S/C22H25FN4S/c1-17-7-13-28-21(17)16-24-15-18-6-8-25-22(14-18)27-11-9-26(10-12-27)20-4-2-19(23)3-5-20/h2-8,13-14,24H,9-12,15-16H2,1H3. The number of piperazine rings is 1. The number of rotatable bonds is 6. The zero-order valence-electron chi connectivity index (χ0n) is 16.1. The van der Waals surface area contributed by atoms with Crippen LogP contribution in [0.15, 0.2) is 54.0 Å². The van der Waals surface area contributed by atoms with Gasteiger partial charge in [-0.2, -0.15) is 0 Å². The molecule has 0 bridgehead atoms. The van der Waals surface area contributed by atoms with E-state index in [0.717, 1.165) is 50.8 Å². The normalized spacial score (nSPS) is 14.5. The molecule has 6 heteroatoms. The highest BCUT2D eigenvalue weighted by Gasteiger charge is 2.18. The van der Waals surface area contributed by atoms with Gasteiger partial charge in [-0.15, -0.1) is 11.3 Å². The molecule has 1 N–H and O–H groups in total. The molecule has 1 saturated heterocycles. The summed E-state index contributed by atoms with van der Waals surface area (Å²) in [5.41, 5.74) is 3.68. The zero-order chi connectivity index (χ0) is 19.3. The van der Waals surface area contributed by atoms with Crippen LogP contribution in [0.2, 0.25) is 0 Å². The first-order valence-corrected chi connectivity index (χ1v) is 10.5. The fraction of sp³-hybridized carbons (Fsp3) is 0.318. The Morgan fingerprint density at radius 3 is 2.46 bits per heavy atom. The summed E-state index contributed by atoms with van der Waals surface area (Å²) >= 11 is 1.80. The lowest BCUT2D eigenvalue weighted by Gasteiger charge is -2.36. The van der Waals surface area contributed by atoms with E-state index in [1.165, 1.54) is 28.1 Å². The van der Waals surface area contributed by atoms with Gasteiger partial charge in [0.2, 0.25) is 0 Å². The molecule has 1 aromatic carbocycles. The fourth-order valence-electron chi connectivity index (χ4n) is 3.49. The second-order valence-corrected chi connectivity index (χ2v) is 8.10. The Kier molecular flexibility index (Phi) is 5.88. The smallest absolute Gasteiger partial charge is 0.128 e. The average Bonchev–Trinajstić information content (AvgIpc) is 3.14. The van der Waals surface area contributed by atoms with Crippen LogP contribution < -0.4 is 15.1 Å². The summed E-state index contributed by atoms with van der Waals surface area (Å²) in [5, 5.41) is 5.67. The number of anilines is 2. The van der Waals surface area contributed by atoms with E-state index in [2.05, 4.69) is 50.6 Å². The molecule has 0 amide bonds. The number of hydrogen-bond donors (Lipinski definition) is 1. The Morgan fingerprint density at radius 1 is 1.00 bits per heavy atom. The van der Waals surface area contributed by atoms with E-state index in [9.17, 15) is 4.39 Å². The quantitative estimate of drug-likeness (QED) is 0.676. The minimum Gasteiger partial charge on any atom is -0.368 e. The van der Waals surface area contributed by atoms with Crippen LogP contribution in [0.25, 0.3) is 0 Å². The topological polar surface area (TPSA) is 31.4 Å². The first-order valence-electron chi connectivity index (χ1n) is 9.63. The predicted molar refractivity (Wildman–Crippen MR) is 115 cm³/mol. The molecular weight excluding hydrogens is 371 g/mol. The van der Waals surface area contributed by atoms with Gasteiger partial charge in [0.1, 0.15) is 11.6 Å². The molecule has 3 aromatic rings. The van der Waals surface area contributed by atoms with Crippen LogP contribution in [-0.2, 0) is 13.1 Å².